The zero-order valence-electron chi connectivity index (χ0n) is 9.29. The molecule has 2 atom stereocenters. The van der Waals surface area contributed by atoms with Crippen molar-refractivity contribution in [2.75, 3.05) is 5.75 Å². The largest absolute Gasteiger partial charge is 0.328 e. The molecule has 1 rings (SSSR count). The third-order valence-electron chi connectivity index (χ3n) is 3.49. The molecule has 0 radical (unpaired) electrons. The van der Waals surface area contributed by atoms with Crippen LogP contribution in [0.25, 0.3) is 0 Å². The van der Waals surface area contributed by atoms with Gasteiger partial charge >= 0.3 is 0 Å². The number of sulfone groups is 1. The Labute approximate surface area is 87.0 Å². The average Bonchev–Trinajstić information content (AvgIpc) is 2.20. The molecule has 3 nitrogen and oxygen atoms in total. The highest BCUT2D eigenvalue weighted by Crippen LogP contribution is 2.39. The summed E-state index contributed by atoms with van der Waals surface area (Å²) in [5.41, 5.74) is 5.68. The third kappa shape index (κ3) is 2.11. The monoisotopic (exact) mass is 219 g/mol. The maximum absolute atomic E-state index is 11.7. The number of hydrogen-bond acceptors (Lipinski definition) is 3. The molecule has 4 heteroatoms. The lowest BCUT2D eigenvalue weighted by Crippen LogP contribution is -2.34. The van der Waals surface area contributed by atoms with Crippen molar-refractivity contribution in [2.24, 2.45) is 11.7 Å². The van der Waals surface area contributed by atoms with Crippen molar-refractivity contribution in [1.29, 1.82) is 0 Å². The summed E-state index contributed by atoms with van der Waals surface area (Å²) in [6, 6.07) is 0.175. The van der Waals surface area contributed by atoms with Crippen molar-refractivity contribution in [1.82, 2.24) is 0 Å². The topological polar surface area (TPSA) is 60.2 Å². The van der Waals surface area contributed by atoms with Gasteiger partial charge in [-0.1, -0.05) is 0 Å². The highest BCUT2D eigenvalue weighted by molar-refractivity contribution is 7.93. The Kier molecular flexibility index (Phi) is 3.26. The van der Waals surface area contributed by atoms with E-state index in [4.69, 9.17) is 5.73 Å². The minimum atomic E-state index is -2.86. The van der Waals surface area contributed by atoms with Crippen LogP contribution in [-0.2, 0) is 9.84 Å². The smallest absolute Gasteiger partial charge is 0.155 e. The van der Waals surface area contributed by atoms with Gasteiger partial charge in [-0.15, -0.1) is 0 Å². The molecule has 0 spiro atoms. The summed E-state index contributed by atoms with van der Waals surface area (Å²) < 4.78 is 22.9. The van der Waals surface area contributed by atoms with Crippen LogP contribution in [0.4, 0.5) is 0 Å². The van der Waals surface area contributed by atoms with Gasteiger partial charge in [0.1, 0.15) is 0 Å². The van der Waals surface area contributed by atoms with E-state index in [1.54, 1.807) is 0 Å². The fraction of sp³-hybridized carbons (Fsp3) is 1.00. The molecule has 0 bridgehead atoms. The summed E-state index contributed by atoms with van der Waals surface area (Å²) in [4.78, 5) is 0. The molecular formula is C10H21NO2S. The van der Waals surface area contributed by atoms with E-state index in [0.717, 1.165) is 19.3 Å². The Morgan fingerprint density at radius 1 is 1.50 bits per heavy atom. The van der Waals surface area contributed by atoms with E-state index in [2.05, 4.69) is 0 Å². The van der Waals surface area contributed by atoms with E-state index in [9.17, 15) is 8.42 Å². The van der Waals surface area contributed by atoms with E-state index in [1.807, 2.05) is 20.8 Å². The molecule has 14 heavy (non-hydrogen) atoms. The first-order valence-electron chi connectivity index (χ1n) is 5.25. The first kappa shape index (κ1) is 12.0. The summed E-state index contributed by atoms with van der Waals surface area (Å²) >= 11 is 0. The Balaban J connectivity index is 2.66. The van der Waals surface area contributed by atoms with E-state index in [0.29, 0.717) is 11.7 Å². The van der Waals surface area contributed by atoms with Crippen molar-refractivity contribution in [3.63, 3.8) is 0 Å². The molecule has 0 aromatic heterocycles. The van der Waals surface area contributed by atoms with Gasteiger partial charge in [-0.25, -0.2) is 8.42 Å². The van der Waals surface area contributed by atoms with Crippen molar-refractivity contribution in [3.8, 4) is 0 Å². The lowest BCUT2D eigenvalue weighted by Gasteiger charge is -2.26. The van der Waals surface area contributed by atoms with Gasteiger partial charge in [0.15, 0.2) is 9.84 Å². The minimum absolute atomic E-state index is 0.175. The summed E-state index contributed by atoms with van der Waals surface area (Å²) in [6.07, 6.45) is 2.66. The predicted molar refractivity (Wildman–Crippen MR) is 58.9 cm³/mol. The zero-order chi connectivity index (χ0) is 11.0. The second-order valence-electron chi connectivity index (χ2n) is 4.96. The summed E-state index contributed by atoms with van der Waals surface area (Å²) in [5, 5.41) is 0. The molecule has 0 saturated carbocycles. The van der Waals surface area contributed by atoms with Gasteiger partial charge in [0.05, 0.1) is 10.5 Å². The van der Waals surface area contributed by atoms with Gasteiger partial charge in [0.25, 0.3) is 0 Å². The Morgan fingerprint density at radius 2 is 2.07 bits per heavy atom. The molecule has 84 valence electrons. The maximum Gasteiger partial charge on any atom is 0.155 e. The SMILES string of the molecule is C[C@@H](N)CCC1CCS(=O)(=O)C1(C)C. The first-order valence-corrected chi connectivity index (χ1v) is 6.90. The van der Waals surface area contributed by atoms with Gasteiger partial charge < -0.3 is 5.73 Å². The molecule has 1 aliphatic rings. The van der Waals surface area contributed by atoms with Crippen LogP contribution >= 0.6 is 0 Å². The van der Waals surface area contributed by atoms with Gasteiger partial charge in [-0.2, -0.15) is 0 Å². The molecule has 0 aromatic carbocycles. The number of nitrogens with two attached hydrogens (primary N) is 1. The summed E-state index contributed by atoms with van der Waals surface area (Å²) in [6.45, 7) is 5.67. The molecule has 1 saturated heterocycles. The lowest BCUT2D eigenvalue weighted by molar-refractivity contribution is 0.374. The Hall–Kier alpha value is -0.0900. The average molecular weight is 219 g/mol. The van der Waals surface area contributed by atoms with Crippen LogP contribution in [-0.4, -0.2) is 25.0 Å². The van der Waals surface area contributed by atoms with Crippen molar-refractivity contribution < 1.29 is 8.42 Å². The minimum Gasteiger partial charge on any atom is -0.328 e. The molecule has 0 amide bonds. The first-order chi connectivity index (χ1) is 6.27. The Bertz CT molecular complexity index is 293. The molecule has 1 fully saturated rings. The van der Waals surface area contributed by atoms with Crippen LogP contribution < -0.4 is 5.73 Å². The fourth-order valence-corrected chi connectivity index (χ4v) is 3.98. The fourth-order valence-electron chi connectivity index (χ4n) is 2.12. The molecule has 2 N–H and O–H groups in total. The zero-order valence-corrected chi connectivity index (χ0v) is 10.1. The summed E-state index contributed by atoms with van der Waals surface area (Å²) in [5.74, 6) is 0.641. The molecule has 1 heterocycles. The highest BCUT2D eigenvalue weighted by Gasteiger charge is 2.46. The van der Waals surface area contributed by atoms with Gasteiger partial charge in [-0.05, 0) is 46.0 Å². The van der Waals surface area contributed by atoms with Crippen LogP contribution in [0.5, 0.6) is 0 Å². The van der Waals surface area contributed by atoms with E-state index < -0.39 is 14.6 Å². The molecule has 1 aliphatic heterocycles. The predicted octanol–water partition coefficient (Wildman–Crippen LogP) is 1.33. The van der Waals surface area contributed by atoms with E-state index in [1.165, 1.54) is 0 Å². The second kappa shape index (κ2) is 3.81. The van der Waals surface area contributed by atoms with Crippen LogP contribution in [0.1, 0.15) is 40.0 Å². The van der Waals surface area contributed by atoms with E-state index in [-0.39, 0.29) is 6.04 Å². The summed E-state index contributed by atoms with van der Waals surface area (Å²) in [7, 11) is -2.86. The van der Waals surface area contributed by atoms with Crippen molar-refractivity contribution in [2.45, 2.75) is 50.8 Å². The highest BCUT2D eigenvalue weighted by atomic mass is 32.2. The van der Waals surface area contributed by atoms with Crippen LogP contribution in [0.2, 0.25) is 0 Å². The molecular weight excluding hydrogens is 198 g/mol. The quantitative estimate of drug-likeness (QED) is 0.779. The lowest BCUT2D eigenvalue weighted by atomic mass is 9.87. The maximum atomic E-state index is 11.7. The standard InChI is InChI=1S/C10H21NO2S/c1-8(11)4-5-9-6-7-14(12,13)10(9,2)3/h8-9H,4-7,11H2,1-3H3/t8-,9?/m1/s1. The molecule has 0 aromatic rings. The van der Waals surface area contributed by atoms with Crippen LogP contribution in [0.15, 0.2) is 0 Å². The third-order valence-corrected chi connectivity index (χ3v) is 6.20. The van der Waals surface area contributed by atoms with Crippen molar-refractivity contribution >= 4 is 9.84 Å². The van der Waals surface area contributed by atoms with E-state index >= 15 is 0 Å². The Morgan fingerprint density at radius 3 is 2.43 bits per heavy atom. The van der Waals surface area contributed by atoms with Gasteiger partial charge in [-0.3, -0.25) is 0 Å². The number of rotatable bonds is 3. The normalized spacial score (nSPS) is 31.6. The van der Waals surface area contributed by atoms with Gasteiger partial charge in [0.2, 0.25) is 0 Å². The van der Waals surface area contributed by atoms with Crippen molar-refractivity contribution in [3.05, 3.63) is 0 Å². The van der Waals surface area contributed by atoms with Gasteiger partial charge in [0, 0.05) is 6.04 Å². The van der Waals surface area contributed by atoms with Crippen LogP contribution in [0.3, 0.4) is 0 Å². The number of hydrogen-bond donors (Lipinski definition) is 1. The molecule has 0 aliphatic carbocycles. The second-order valence-corrected chi connectivity index (χ2v) is 7.65. The van der Waals surface area contributed by atoms with Crippen LogP contribution in [0, 0.1) is 5.92 Å². The molecule has 1 unspecified atom stereocenters.